The molecule has 10 heteroatoms. The van der Waals surface area contributed by atoms with E-state index >= 15 is 0 Å². The van der Waals surface area contributed by atoms with Crippen molar-refractivity contribution in [1.29, 1.82) is 0 Å². The number of carbonyl (C=O) groups is 3. The fraction of sp³-hybridized carbons (Fsp3) is 0. The summed E-state index contributed by atoms with van der Waals surface area (Å²) in [7, 11) is 0. The molecule has 194 valence electrons. The van der Waals surface area contributed by atoms with Crippen LogP contribution in [0.1, 0.15) is 10.4 Å². The number of rotatable bonds is 7. The highest BCUT2D eigenvalue weighted by molar-refractivity contribution is 6.53. The summed E-state index contributed by atoms with van der Waals surface area (Å²) in [5.41, 5.74) is 1.37. The first-order valence-corrected chi connectivity index (χ1v) is 12.7. The highest BCUT2D eigenvalue weighted by Crippen LogP contribution is 2.32. The van der Waals surface area contributed by atoms with Crippen LogP contribution in [0.15, 0.2) is 108 Å². The number of carbonyl (C=O) groups excluding carboxylic acids is 3. The van der Waals surface area contributed by atoms with Crippen LogP contribution in [0.5, 0.6) is 11.5 Å². The van der Waals surface area contributed by atoms with Crippen molar-refractivity contribution in [3.8, 4) is 11.5 Å². The summed E-state index contributed by atoms with van der Waals surface area (Å²) in [6.45, 7) is 0. The fourth-order valence-electron chi connectivity index (χ4n) is 3.79. The van der Waals surface area contributed by atoms with Gasteiger partial charge in [0.2, 0.25) is 0 Å². The van der Waals surface area contributed by atoms with Crippen molar-refractivity contribution in [3.63, 3.8) is 0 Å². The van der Waals surface area contributed by atoms with E-state index in [0.29, 0.717) is 44.2 Å². The van der Waals surface area contributed by atoms with Crippen LogP contribution in [0.3, 0.4) is 0 Å². The van der Waals surface area contributed by atoms with Crippen LogP contribution in [0.4, 0.5) is 17.1 Å². The molecule has 1 aliphatic heterocycles. The largest absolute Gasteiger partial charge is 0.457 e. The molecule has 0 saturated heterocycles. The van der Waals surface area contributed by atoms with Gasteiger partial charge in [-0.15, -0.1) is 0 Å². The maximum Gasteiger partial charge on any atom is 0.283 e. The summed E-state index contributed by atoms with van der Waals surface area (Å²) in [6, 6.07) is 26.8. The molecule has 0 bridgehead atoms. The van der Waals surface area contributed by atoms with Gasteiger partial charge in [0.05, 0.1) is 15.7 Å². The molecule has 0 fully saturated rings. The molecule has 5 rings (SSSR count). The Balaban J connectivity index is 1.29. The molecule has 1 aliphatic rings. The molecule has 0 aliphatic carbocycles. The van der Waals surface area contributed by atoms with Crippen LogP contribution in [0.2, 0.25) is 10.0 Å². The Labute approximate surface area is 238 Å². The second-order valence-corrected chi connectivity index (χ2v) is 9.52. The molecule has 0 saturated carbocycles. The molecule has 2 N–H and O–H groups in total. The Morgan fingerprint density at radius 1 is 0.692 bits per heavy atom. The lowest BCUT2D eigenvalue weighted by atomic mass is 10.1. The van der Waals surface area contributed by atoms with Gasteiger partial charge >= 0.3 is 0 Å². The van der Waals surface area contributed by atoms with Crippen LogP contribution in [-0.4, -0.2) is 17.7 Å². The van der Waals surface area contributed by atoms with E-state index in [0.717, 1.165) is 4.90 Å². The number of halogens is 3. The molecule has 0 unspecified atom stereocenters. The molecule has 3 amide bonds. The molecule has 0 aromatic heterocycles. The third kappa shape index (κ3) is 5.76. The van der Waals surface area contributed by atoms with E-state index in [1.165, 1.54) is 12.1 Å². The van der Waals surface area contributed by atoms with Crippen LogP contribution < -0.4 is 20.3 Å². The predicted octanol–water partition coefficient (Wildman–Crippen LogP) is 7.47. The van der Waals surface area contributed by atoms with Crippen molar-refractivity contribution in [2.45, 2.75) is 0 Å². The molecule has 0 atom stereocenters. The van der Waals surface area contributed by atoms with Crippen molar-refractivity contribution in [2.24, 2.45) is 0 Å². The number of amides is 3. The molecule has 4 aromatic carbocycles. The van der Waals surface area contributed by atoms with Gasteiger partial charge in [-0.1, -0.05) is 59.1 Å². The van der Waals surface area contributed by atoms with Crippen molar-refractivity contribution in [3.05, 3.63) is 123 Å². The zero-order valence-electron chi connectivity index (χ0n) is 20.0. The van der Waals surface area contributed by atoms with Gasteiger partial charge in [-0.2, -0.15) is 0 Å². The van der Waals surface area contributed by atoms with Gasteiger partial charge < -0.3 is 15.4 Å². The summed E-state index contributed by atoms with van der Waals surface area (Å²) < 4.78 is 5.77. The Bertz CT molecular complexity index is 1620. The van der Waals surface area contributed by atoms with Crippen molar-refractivity contribution in [2.75, 3.05) is 15.5 Å². The SMILES string of the molecule is O=C(Nc1ccc(Cl)c(Cl)c1)c1cccc(NC2=C(Cl)C(=O)N(c3ccc(Oc4ccccc4)cc3)C2=O)c1. The molecular formula is C29H18Cl3N3O4. The standard InChI is InChI=1S/C29H18Cl3N3O4/c30-23-14-9-19(16-24(23)31)34-27(36)17-5-4-6-18(15-17)33-26-25(32)28(37)35(29(26)38)20-10-12-22(13-11-20)39-21-7-2-1-3-8-21/h1-16,33H,(H,34,36). The number of hydrogen-bond acceptors (Lipinski definition) is 5. The van der Waals surface area contributed by atoms with Gasteiger partial charge in [0.15, 0.2) is 0 Å². The number of benzene rings is 4. The quantitative estimate of drug-likeness (QED) is 0.222. The van der Waals surface area contributed by atoms with E-state index in [2.05, 4.69) is 10.6 Å². The van der Waals surface area contributed by atoms with E-state index in [4.69, 9.17) is 39.5 Å². The lowest BCUT2D eigenvalue weighted by Crippen LogP contribution is -2.32. The second-order valence-electron chi connectivity index (χ2n) is 8.33. The Morgan fingerprint density at radius 2 is 1.41 bits per heavy atom. The molecular weight excluding hydrogens is 561 g/mol. The number of para-hydroxylation sites is 1. The first-order valence-electron chi connectivity index (χ1n) is 11.5. The zero-order chi connectivity index (χ0) is 27.5. The topological polar surface area (TPSA) is 87.7 Å². The van der Waals surface area contributed by atoms with E-state index in [1.807, 2.05) is 30.3 Å². The van der Waals surface area contributed by atoms with Crippen molar-refractivity contribution in [1.82, 2.24) is 0 Å². The number of hydrogen-bond donors (Lipinski definition) is 2. The summed E-state index contributed by atoms with van der Waals surface area (Å²) >= 11 is 18.2. The Kier molecular flexibility index (Phi) is 7.56. The van der Waals surface area contributed by atoms with Gasteiger partial charge in [0, 0.05) is 16.9 Å². The summed E-state index contributed by atoms with van der Waals surface area (Å²) in [4.78, 5) is 39.8. The van der Waals surface area contributed by atoms with E-state index < -0.39 is 17.7 Å². The number of ether oxygens (including phenoxy) is 1. The third-order valence-electron chi connectivity index (χ3n) is 5.67. The highest BCUT2D eigenvalue weighted by atomic mass is 35.5. The summed E-state index contributed by atoms with van der Waals surface area (Å²) in [6.07, 6.45) is 0. The smallest absolute Gasteiger partial charge is 0.283 e. The van der Waals surface area contributed by atoms with Gasteiger partial charge in [-0.05, 0) is 72.8 Å². The fourth-order valence-corrected chi connectivity index (χ4v) is 4.30. The number of nitrogens with one attached hydrogen (secondary N) is 2. The van der Waals surface area contributed by atoms with Crippen LogP contribution in [0, 0.1) is 0 Å². The summed E-state index contributed by atoms with van der Waals surface area (Å²) in [5, 5.41) is 6.02. The van der Waals surface area contributed by atoms with E-state index in [-0.39, 0.29) is 10.7 Å². The zero-order valence-corrected chi connectivity index (χ0v) is 22.2. The molecule has 39 heavy (non-hydrogen) atoms. The molecule has 1 heterocycles. The second kappa shape index (κ2) is 11.2. The van der Waals surface area contributed by atoms with Gasteiger partial charge in [-0.3, -0.25) is 14.4 Å². The first-order chi connectivity index (χ1) is 18.8. The lowest BCUT2D eigenvalue weighted by Gasteiger charge is -2.16. The first kappa shape index (κ1) is 26.3. The van der Waals surface area contributed by atoms with Crippen LogP contribution in [-0.2, 0) is 9.59 Å². The number of anilines is 3. The highest BCUT2D eigenvalue weighted by Gasteiger charge is 2.39. The summed E-state index contributed by atoms with van der Waals surface area (Å²) in [5.74, 6) is -0.521. The van der Waals surface area contributed by atoms with Crippen molar-refractivity contribution >= 4 is 69.6 Å². The van der Waals surface area contributed by atoms with Gasteiger partial charge in [0.1, 0.15) is 22.2 Å². The number of imide groups is 1. The van der Waals surface area contributed by atoms with Gasteiger partial charge in [0.25, 0.3) is 17.7 Å². The van der Waals surface area contributed by atoms with Crippen molar-refractivity contribution < 1.29 is 19.1 Å². The van der Waals surface area contributed by atoms with Crippen LogP contribution >= 0.6 is 34.8 Å². The minimum atomic E-state index is -0.672. The Morgan fingerprint density at radius 3 is 2.13 bits per heavy atom. The maximum atomic E-state index is 13.2. The lowest BCUT2D eigenvalue weighted by molar-refractivity contribution is -0.120. The average molecular weight is 579 g/mol. The molecule has 0 radical (unpaired) electrons. The van der Waals surface area contributed by atoms with Crippen LogP contribution in [0.25, 0.3) is 0 Å². The minimum absolute atomic E-state index is 0.103. The average Bonchev–Trinajstić information content (AvgIpc) is 3.15. The van der Waals surface area contributed by atoms with Gasteiger partial charge in [-0.25, -0.2) is 4.90 Å². The minimum Gasteiger partial charge on any atom is -0.457 e. The van der Waals surface area contributed by atoms with E-state index in [1.54, 1.807) is 54.6 Å². The number of nitrogens with zero attached hydrogens (tertiary/aromatic N) is 1. The predicted molar refractivity (Wildman–Crippen MR) is 153 cm³/mol. The molecule has 4 aromatic rings. The molecule has 7 nitrogen and oxygen atoms in total. The maximum absolute atomic E-state index is 13.2. The third-order valence-corrected chi connectivity index (χ3v) is 6.76. The molecule has 0 spiro atoms. The van der Waals surface area contributed by atoms with E-state index in [9.17, 15) is 14.4 Å². The monoisotopic (exact) mass is 577 g/mol. The Hall–Kier alpha value is -4.30. The normalized spacial score (nSPS) is 13.1.